The van der Waals surface area contributed by atoms with Crippen LogP contribution >= 0.6 is 24.0 Å². The van der Waals surface area contributed by atoms with Crippen molar-refractivity contribution in [3.05, 3.63) is 34.9 Å². The molecular formula is C14H20Cl2N2O2. The summed E-state index contributed by atoms with van der Waals surface area (Å²) < 4.78 is 5.30. The van der Waals surface area contributed by atoms with Crippen molar-refractivity contribution in [2.45, 2.75) is 31.9 Å². The van der Waals surface area contributed by atoms with Gasteiger partial charge in [0.15, 0.2) is 0 Å². The highest BCUT2D eigenvalue weighted by Gasteiger charge is 2.20. The van der Waals surface area contributed by atoms with Crippen LogP contribution < -0.4 is 5.73 Å². The maximum Gasteiger partial charge on any atom is 0.410 e. The Labute approximate surface area is 130 Å². The Morgan fingerprint density at radius 1 is 1.40 bits per heavy atom. The Hall–Kier alpha value is -0.970. The predicted molar refractivity (Wildman–Crippen MR) is 82.3 cm³/mol. The molecule has 4 nitrogen and oxygen atoms in total. The molecule has 0 saturated carbocycles. The maximum absolute atomic E-state index is 12.0. The lowest BCUT2D eigenvalue weighted by molar-refractivity contribution is 0.0960. The van der Waals surface area contributed by atoms with Crippen molar-refractivity contribution >= 4 is 30.1 Å². The van der Waals surface area contributed by atoms with Crippen LogP contribution in [0.25, 0.3) is 0 Å². The molecule has 1 aliphatic rings. The molecule has 0 aliphatic carbocycles. The fourth-order valence-electron chi connectivity index (χ4n) is 2.19. The minimum absolute atomic E-state index is 0. The fraction of sp³-hybridized carbons (Fsp3) is 0.500. The summed E-state index contributed by atoms with van der Waals surface area (Å²) in [4.78, 5) is 13.7. The van der Waals surface area contributed by atoms with Crippen LogP contribution in [0, 0.1) is 0 Å². The number of carbonyl (C=O) groups is 1. The van der Waals surface area contributed by atoms with Crippen molar-refractivity contribution in [2.24, 2.45) is 5.73 Å². The van der Waals surface area contributed by atoms with Crippen LogP contribution in [0.3, 0.4) is 0 Å². The van der Waals surface area contributed by atoms with Gasteiger partial charge in [0.2, 0.25) is 0 Å². The highest BCUT2D eigenvalue weighted by Crippen LogP contribution is 2.17. The van der Waals surface area contributed by atoms with Crippen molar-refractivity contribution in [1.29, 1.82) is 0 Å². The summed E-state index contributed by atoms with van der Waals surface area (Å²) >= 11 is 6.02. The van der Waals surface area contributed by atoms with Crippen LogP contribution in [0.2, 0.25) is 5.02 Å². The van der Waals surface area contributed by atoms with E-state index in [1.54, 1.807) is 11.0 Å². The van der Waals surface area contributed by atoms with Crippen LogP contribution in [-0.2, 0) is 11.3 Å². The van der Waals surface area contributed by atoms with Crippen LogP contribution in [0.5, 0.6) is 0 Å². The first-order chi connectivity index (χ1) is 9.16. The largest absolute Gasteiger partial charge is 0.444 e. The van der Waals surface area contributed by atoms with Crippen LogP contribution in [-0.4, -0.2) is 30.1 Å². The Bertz CT molecular complexity index is 443. The third-order valence-corrected chi connectivity index (χ3v) is 3.64. The Kier molecular flexibility index (Phi) is 7.13. The molecule has 0 bridgehead atoms. The number of amides is 1. The SMILES string of the molecule is Cl.NC1CCCCN(C(=O)OCc2ccccc2Cl)C1. The summed E-state index contributed by atoms with van der Waals surface area (Å²) in [6, 6.07) is 7.41. The average Bonchev–Trinajstić information content (AvgIpc) is 2.62. The first-order valence-corrected chi connectivity index (χ1v) is 6.95. The molecule has 0 spiro atoms. The van der Waals surface area contributed by atoms with Gasteiger partial charge in [0.25, 0.3) is 0 Å². The topological polar surface area (TPSA) is 55.6 Å². The molecule has 2 rings (SSSR count). The van der Waals surface area contributed by atoms with E-state index < -0.39 is 0 Å². The molecule has 0 aromatic heterocycles. The smallest absolute Gasteiger partial charge is 0.410 e. The molecular weight excluding hydrogens is 299 g/mol. The Morgan fingerprint density at radius 3 is 2.90 bits per heavy atom. The van der Waals surface area contributed by atoms with E-state index in [4.69, 9.17) is 22.1 Å². The molecule has 1 amide bonds. The maximum atomic E-state index is 12.0. The molecule has 6 heteroatoms. The Morgan fingerprint density at radius 2 is 2.15 bits per heavy atom. The second-order valence-electron chi connectivity index (χ2n) is 4.85. The predicted octanol–water partition coefficient (Wildman–Crippen LogP) is 3.21. The van der Waals surface area contributed by atoms with Gasteiger partial charge >= 0.3 is 6.09 Å². The summed E-state index contributed by atoms with van der Waals surface area (Å²) in [6.45, 7) is 1.49. The van der Waals surface area contributed by atoms with Crippen molar-refractivity contribution in [2.75, 3.05) is 13.1 Å². The molecule has 1 heterocycles. The molecule has 1 fully saturated rings. The molecule has 1 atom stereocenters. The van der Waals surface area contributed by atoms with Gasteiger partial charge in [0.1, 0.15) is 6.61 Å². The second-order valence-corrected chi connectivity index (χ2v) is 5.26. The zero-order valence-electron chi connectivity index (χ0n) is 11.3. The second kappa shape index (κ2) is 8.35. The lowest BCUT2D eigenvalue weighted by atomic mass is 10.2. The first kappa shape index (κ1) is 17.1. The summed E-state index contributed by atoms with van der Waals surface area (Å²) in [5.41, 5.74) is 6.74. The van der Waals surface area contributed by atoms with Crippen molar-refractivity contribution < 1.29 is 9.53 Å². The summed E-state index contributed by atoms with van der Waals surface area (Å²) in [7, 11) is 0. The third kappa shape index (κ3) is 4.85. The zero-order chi connectivity index (χ0) is 13.7. The van der Waals surface area contributed by atoms with Gasteiger partial charge in [-0.2, -0.15) is 0 Å². The number of hydrogen-bond donors (Lipinski definition) is 1. The van der Waals surface area contributed by atoms with E-state index in [1.165, 1.54) is 0 Å². The number of halogens is 2. The third-order valence-electron chi connectivity index (χ3n) is 3.28. The van der Waals surface area contributed by atoms with Crippen LogP contribution in [0.15, 0.2) is 24.3 Å². The molecule has 112 valence electrons. The number of hydrogen-bond acceptors (Lipinski definition) is 3. The lowest BCUT2D eigenvalue weighted by Crippen LogP contribution is -2.39. The quantitative estimate of drug-likeness (QED) is 0.911. The van der Waals surface area contributed by atoms with E-state index in [0.717, 1.165) is 31.4 Å². The molecule has 1 aromatic carbocycles. The van der Waals surface area contributed by atoms with E-state index in [2.05, 4.69) is 0 Å². The zero-order valence-corrected chi connectivity index (χ0v) is 12.8. The summed E-state index contributed by atoms with van der Waals surface area (Å²) in [5, 5.41) is 0.614. The van der Waals surface area contributed by atoms with E-state index in [9.17, 15) is 4.79 Å². The molecule has 20 heavy (non-hydrogen) atoms. The summed E-state index contributed by atoms with van der Waals surface area (Å²) in [6.07, 6.45) is 2.70. The molecule has 0 radical (unpaired) electrons. The standard InChI is InChI=1S/C14H19ClN2O2.ClH/c15-13-7-2-1-5-11(13)10-19-14(18)17-8-4-3-6-12(16)9-17;/h1-2,5,7,12H,3-4,6,8-10,16H2;1H. The van der Waals surface area contributed by atoms with Gasteiger partial charge in [-0.15, -0.1) is 12.4 Å². The number of nitrogens with two attached hydrogens (primary N) is 1. The van der Waals surface area contributed by atoms with Gasteiger partial charge in [0, 0.05) is 29.7 Å². The van der Waals surface area contributed by atoms with Gasteiger partial charge in [-0.25, -0.2) is 4.79 Å². The average molecular weight is 319 g/mol. The van der Waals surface area contributed by atoms with E-state index in [0.29, 0.717) is 11.6 Å². The van der Waals surface area contributed by atoms with Crippen molar-refractivity contribution in [3.8, 4) is 0 Å². The number of likely N-dealkylation sites (tertiary alicyclic amines) is 1. The van der Waals surface area contributed by atoms with E-state index >= 15 is 0 Å². The fourth-order valence-corrected chi connectivity index (χ4v) is 2.38. The van der Waals surface area contributed by atoms with E-state index in [1.807, 2.05) is 18.2 Å². The molecule has 1 unspecified atom stereocenters. The molecule has 1 aliphatic heterocycles. The van der Waals surface area contributed by atoms with Crippen LogP contribution in [0.1, 0.15) is 24.8 Å². The molecule has 2 N–H and O–H groups in total. The van der Waals surface area contributed by atoms with Crippen LogP contribution in [0.4, 0.5) is 4.79 Å². The van der Waals surface area contributed by atoms with Crippen molar-refractivity contribution in [1.82, 2.24) is 4.90 Å². The highest BCUT2D eigenvalue weighted by atomic mass is 35.5. The highest BCUT2D eigenvalue weighted by molar-refractivity contribution is 6.31. The minimum Gasteiger partial charge on any atom is -0.444 e. The number of carbonyl (C=O) groups excluding carboxylic acids is 1. The normalized spacial score (nSPS) is 18.9. The minimum atomic E-state index is -0.308. The number of benzene rings is 1. The number of rotatable bonds is 2. The van der Waals surface area contributed by atoms with E-state index in [-0.39, 0.29) is 31.1 Å². The number of nitrogens with zero attached hydrogens (tertiary/aromatic N) is 1. The monoisotopic (exact) mass is 318 g/mol. The lowest BCUT2D eigenvalue weighted by Gasteiger charge is -2.22. The first-order valence-electron chi connectivity index (χ1n) is 6.57. The van der Waals surface area contributed by atoms with Crippen molar-refractivity contribution in [3.63, 3.8) is 0 Å². The van der Waals surface area contributed by atoms with Gasteiger partial charge < -0.3 is 15.4 Å². The number of ether oxygens (including phenoxy) is 1. The van der Waals surface area contributed by atoms with Gasteiger partial charge in [-0.05, 0) is 18.9 Å². The summed E-state index contributed by atoms with van der Waals surface area (Å²) in [5.74, 6) is 0. The van der Waals surface area contributed by atoms with Gasteiger partial charge in [-0.1, -0.05) is 36.2 Å². The van der Waals surface area contributed by atoms with Gasteiger partial charge in [0.05, 0.1) is 0 Å². The van der Waals surface area contributed by atoms with Gasteiger partial charge in [-0.3, -0.25) is 0 Å². The Balaban J connectivity index is 0.00000200. The molecule has 1 saturated heterocycles. The molecule has 1 aromatic rings.